The molecule has 0 aliphatic rings. The van der Waals surface area contributed by atoms with Crippen LogP contribution in [0.4, 0.5) is 0 Å². The molecule has 0 saturated heterocycles. The Balaban J connectivity index is 2.76. The summed E-state index contributed by atoms with van der Waals surface area (Å²) < 4.78 is 4.54. The number of rotatable bonds is 4. The first-order valence-corrected chi connectivity index (χ1v) is 4.32. The summed E-state index contributed by atoms with van der Waals surface area (Å²) in [6.45, 7) is 3.85. The fraction of sp³-hybridized carbons (Fsp3) is 0.625. The summed E-state index contributed by atoms with van der Waals surface area (Å²) in [6.07, 6.45) is 0.145. The quantitative estimate of drug-likeness (QED) is 0.715. The van der Waals surface area contributed by atoms with Gasteiger partial charge in [-0.05, 0) is 0 Å². The van der Waals surface area contributed by atoms with Crippen molar-refractivity contribution in [3.05, 3.63) is 11.4 Å². The van der Waals surface area contributed by atoms with Crippen molar-refractivity contribution in [2.24, 2.45) is 5.73 Å². The van der Waals surface area contributed by atoms with Gasteiger partial charge in [0, 0.05) is 12.3 Å². The number of hydrogen-bond acceptors (Lipinski definition) is 5. The maximum atomic E-state index is 10.5. The molecule has 0 radical (unpaired) electrons. The van der Waals surface area contributed by atoms with E-state index in [-0.39, 0.29) is 12.3 Å². The van der Waals surface area contributed by atoms with Crippen LogP contribution in [-0.4, -0.2) is 27.4 Å². The van der Waals surface area contributed by atoms with Crippen molar-refractivity contribution in [3.8, 4) is 0 Å². The van der Waals surface area contributed by atoms with Crippen LogP contribution in [0.1, 0.15) is 31.2 Å². The number of carboxylic acid groups (broad SMARTS) is 1. The average Bonchev–Trinajstić information content (AvgIpc) is 2.52. The Morgan fingerprint density at radius 3 is 2.71 bits per heavy atom. The molecule has 0 aliphatic carbocycles. The van der Waals surface area contributed by atoms with E-state index in [1.54, 1.807) is 0 Å². The average molecular weight is 199 g/mol. The predicted octanol–water partition coefficient (Wildman–Crippen LogP) is 0.147. The molecule has 0 saturated carbocycles. The topological polar surface area (TPSA) is 102 Å². The van der Waals surface area contributed by atoms with Gasteiger partial charge in [0.05, 0.1) is 0 Å². The van der Waals surface area contributed by atoms with Gasteiger partial charge in [0.25, 0.3) is 0 Å². The van der Waals surface area contributed by atoms with Crippen LogP contribution in [0, 0.1) is 0 Å². The van der Waals surface area contributed by atoms with Crippen LogP contribution in [0.25, 0.3) is 0 Å². The van der Waals surface area contributed by atoms with Crippen LogP contribution < -0.4 is 5.73 Å². The first-order valence-electron chi connectivity index (χ1n) is 4.32. The van der Waals surface area contributed by atoms with Crippen molar-refractivity contribution in [1.82, 2.24) is 10.3 Å². The Hall–Kier alpha value is -1.43. The maximum Gasteiger partial charge on any atom is 0.320 e. The molecule has 0 amide bonds. The first kappa shape index (κ1) is 10.6. The van der Waals surface area contributed by atoms with Crippen molar-refractivity contribution in [2.75, 3.05) is 0 Å². The van der Waals surface area contributed by atoms with Crippen LogP contribution in [0.15, 0.2) is 4.63 Å². The Labute approximate surface area is 81.1 Å². The maximum absolute atomic E-state index is 10.5. The van der Waals surface area contributed by atoms with E-state index in [1.807, 2.05) is 13.8 Å². The van der Waals surface area contributed by atoms with Crippen molar-refractivity contribution in [3.63, 3.8) is 0 Å². The predicted molar refractivity (Wildman–Crippen MR) is 47.7 cm³/mol. The van der Waals surface area contributed by atoms with Crippen LogP contribution in [0.5, 0.6) is 0 Å². The zero-order valence-corrected chi connectivity index (χ0v) is 8.10. The van der Waals surface area contributed by atoms with E-state index in [9.17, 15) is 4.79 Å². The number of aromatic nitrogens is 2. The lowest BCUT2D eigenvalue weighted by Crippen LogP contribution is -2.32. The largest absolute Gasteiger partial charge is 0.480 e. The van der Waals surface area contributed by atoms with Crippen LogP contribution in [0.3, 0.4) is 0 Å². The van der Waals surface area contributed by atoms with Gasteiger partial charge in [0.2, 0.25) is 0 Å². The van der Waals surface area contributed by atoms with E-state index in [2.05, 4.69) is 14.9 Å². The molecule has 0 aromatic carbocycles. The summed E-state index contributed by atoms with van der Waals surface area (Å²) in [5.74, 6) is -0.903. The molecule has 1 aromatic heterocycles. The molecule has 0 fully saturated rings. The van der Waals surface area contributed by atoms with E-state index in [0.29, 0.717) is 11.4 Å². The highest BCUT2D eigenvalue weighted by Gasteiger charge is 2.19. The number of nitrogens with zero attached hydrogens (tertiary/aromatic N) is 2. The SMILES string of the molecule is CC(C)c1nonc1CC(N)C(=O)O. The van der Waals surface area contributed by atoms with E-state index >= 15 is 0 Å². The minimum Gasteiger partial charge on any atom is -0.480 e. The van der Waals surface area contributed by atoms with Gasteiger partial charge in [0.1, 0.15) is 17.4 Å². The van der Waals surface area contributed by atoms with Crippen molar-refractivity contribution < 1.29 is 14.5 Å². The zero-order valence-electron chi connectivity index (χ0n) is 8.10. The second kappa shape index (κ2) is 4.19. The molecule has 1 heterocycles. The number of carbonyl (C=O) groups is 1. The summed E-state index contributed by atoms with van der Waals surface area (Å²) in [6, 6.07) is -0.959. The standard InChI is InChI=1S/C8H13N3O3/c1-4(2)7-6(10-14-11-7)3-5(9)8(12)13/h4-5H,3,9H2,1-2H3,(H,12,13). The van der Waals surface area contributed by atoms with Crippen LogP contribution in [0.2, 0.25) is 0 Å². The summed E-state index contributed by atoms with van der Waals surface area (Å²) in [5, 5.41) is 15.9. The molecule has 1 unspecified atom stereocenters. The molecule has 6 nitrogen and oxygen atoms in total. The summed E-state index contributed by atoms with van der Waals surface area (Å²) in [7, 11) is 0. The van der Waals surface area contributed by atoms with Gasteiger partial charge < -0.3 is 10.8 Å². The lowest BCUT2D eigenvalue weighted by atomic mass is 10.0. The Morgan fingerprint density at radius 1 is 1.57 bits per heavy atom. The number of aliphatic carboxylic acids is 1. The number of carboxylic acids is 1. The molecule has 0 aliphatic heterocycles. The van der Waals surface area contributed by atoms with Gasteiger partial charge in [-0.3, -0.25) is 4.79 Å². The van der Waals surface area contributed by atoms with Crippen molar-refractivity contribution in [1.29, 1.82) is 0 Å². The highest BCUT2D eigenvalue weighted by molar-refractivity contribution is 5.73. The Morgan fingerprint density at radius 2 is 2.21 bits per heavy atom. The molecule has 1 atom stereocenters. The van der Waals surface area contributed by atoms with Gasteiger partial charge in [0.15, 0.2) is 0 Å². The molecule has 14 heavy (non-hydrogen) atoms. The summed E-state index contributed by atoms with van der Waals surface area (Å²) in [5.41, 5.74) is 6.56. The molecule has 78 valence electrons. The third-order valence-electron chi connectivity index (χ3n) is 1.86. The third kappa shape index (κ3) is 2.29. The Kier molecular flexibility index (Phi) is 3.19. The van der Waals surface area contributed by atoms with Gasteiger partial charge in [-0.25, -0.2) is 4.63 Å². The smallest absolute Gasteiger partial charge is 0.320 e. The zero-order chi connectivity index (χ0) is 10.7. The van der Waals surface area contributed by atoms with Gasteiger partial charge >= 0.3 is 5.97 Å². The monoisotopic (exact) mass is 199 g/mol. The van der Waals surface area contributed by atoms with E-state index in [1.165, 1.54) is 0 Å². The molecular weight excluding hydrogens is 186 g/mol. The number of hydrogen-bond donors (Lipinski definition) is 2. The highest BCUT2D eigenvalue weighted by Crippen LogP contribution is 2.16. The second-order valence-corrected chi connectivity index (χ2v) is 3.40. The first-order chi connectivity index (χ1) is 6.52. The fourth-order valence-corrected chi connectivity index (χ4v) is 1.09. The molecule has 0 spiro atoms. The lowest BCUT2D eigenvalue weighted by Gasteiger charge is -2.05. The molecule has 3 N–H and O–H groups in total. The van der Waals surface area contributed by atoms with Gasteiger partial charge in [-0.2, -0.15) is 0 Å². The number of nitrogens with two attached hydrogens (primary N) is 1. The normalized spacial score (nSPS) is 13.1. The van der Waals surface area contributed by atoms with E-state index in [0.717, 1.165) is 0 Å². The van der Waals surface area contributed by atoms with Crippen molar-refractivity contribution >= 4 is 5.97 Å². The molecule has 1 aromatic rings. The van der Waals surface area contributed by atoms with Crippen molar-refractivity contribution in [2.45, 2.75) is 32.2 Å². The minimum atomic E-state index is -1.05. The summed E-state index contributed by atoms with van der Waals surface area (Å²) in [4.78, 5) is 10.5. The highest BCUT2D eigenvalue weighted by atomic mass is 16.6. The summed E-state index contributed by atoms with van der Waals surface area (Å²) >= 11 is 0. The third-order valence-corrected chi connectivity index (χ3v) is 1.86. The fourth-order valence-electron chi connectivity index (χ4n) is 1.09. The molecule has 1 rings (SSSR count). The van der Waals surface area contributed by atoms with Crippen LogP contribution in [-0.2, 0) is 11.2 Å². The molecule has 6 heteroatoms. The molecular formula is C8H13N3O3. The van der Waals surface area contributed by atoms with Gasteiger partial charge in [-0.1, -0.05) is 24.2 Å². The van der Waals surface area contributed by atoms with E-state index in [4.69, 9.17) is 10.8 Å². The van der Waals surface area contributed by atoms with Gasteiger partial charge in [-0.15, -0.1) is 0 Å². The minimum absolute atomic E-state index is 0.145. The van der Waals surface area contributed by atoms with E-state index < -0.39 is 12.0 Å². The Bertz CT molecular complexity index is 321. The second-order valence-electron chi connectivity index (χ2n) is 3.40. The lowest BCUT2D eigenvalue weighted by molar-refractivity contribution is -0.138. The molecule has 0 bridgehead atoms. The van der Waals surface area contributed by atoms with Crippen LogP contribution >= 0.6 is 0 Å².